The fourth-order valence-electron chi connectivity index (χ4n) is 2.02. The van der Waals surface area contributed by atoms with Gasteiger partial charge in [0.2, 0.25) is 5.54 Å². The minimum Gasteiger partial charge on any atom is -0.493 e. The fraction of sp³-hybridized carbons (Fsp3) is 0.462. The molecule has 7 heteroatoms. The quantitative estimate of drug-likeness (QED) is 0.891. The highest BCUT2D eigenvalue weighted by Gasteiger charge is 2.57. The first-order chi connectivity index (χ1) is 9.25. The zero-order valence-corrected chi connectivity index (χ0v) is 10.7. The topological polar surface area (TPSA) is 58.6 Å². The van der Waals surface area contributed by atoms with Gasteiger partial charge in [0.1, 0.15) is 5.75 Å². The minimum absolute atomic E-state index is 0.126. The van der Waals surface area contributed by atoms with E-state index in [1.54, 1.807) is 24.3 Å². The van der Waals surface area contributed by atoms with Crippen LogP contribution in [-0.4, -0.2) is 35.9 Å². The molecular formula is C13H14F3NO3. The third-order valence-corrected chi connectivity index (χ3v) is 3.50. The summed E-state index contributed by atoms with van der Waals surface area (Å²) in [6.45, 7) is 0.732. The lowest BCUT2D eigenvalue weighted by Crippen LogP contribution is -2.60. The van der Waals surface area contributed by atoms with E-state index in [0.717, 1.165) is 5.56 Å². The van der Waals surface area contributed by atoms with Crippen LogP contribution in [0.1, 0.15) is 18.4 Å². The molecule has 0 radical (unpaired) electrons. The van der Waals surface area contributed by atoms with Crippen LogP contribution in [0.25, 0.3) is 0 Å². The van der Waals surface area contributed by atoms with Gasteiger partial charge in [0, 0.05) is 18.0 Å². The molecule has 2 unspecified atom stereocenters. The first kappa shape index (κ1) is 14.6. The average Bonchev–Trinajstić information content (AvgIpc) is 2.77. The van der Waals surface area contributed by atoms with Gasteiger partial charge in [-0.25, -0.2) is 4.79 Å². The Bertz CT molecular complexity index is 518. The summed E-state index contributed by atoms with van der Waals surface area (Å²) >= 11 is 0. The van der Waals surface area contributed by atoms with Crippen molar-refractivity contribution < 1.29 is 27.8 Å². The summed E-state index contributed by atoms with van der Waals surface area (Å²) in [6.07, 6.45) is -4.88. The monoisotopic (exact) mass is 289 g/mol. The number of aliphatic carboxylic acids is 1. The van der Waals surface area contributed by atoms with Gasteiger partial charge < -0.3 is 9.84 Å². The number of benzene rings is 1. The highest BCUT2D eigenvalue weighted by atomic mass is 19.4. The van der Waals surface area contributed by atoms with Crippen molar-refractivity contribution in [3.05, 3.63) is 29.8 Å². The summed E-state index contributed by atoms with van der Waals surface area (Å²) < 4.78 is 43.9. The number of para-hydroxylation sites is 1. The van der Waals surface area contributed by atoms with Gasteiger partial charge in [0.05, 0.1) is 6.61 Å². The Morgan fingerprint density at radius 2 is 2.10 bits per heavy atom. The molecule has 1 heterocycles. The van der Waals surface area contributed by atoms with E-state index in [4.69, 9.17) is 9.84 Å². The molecule has 0 saturated heterocycles. The molecule has 0 aromatic heterocycles. The van der Waals surface area contributed by atoms with Crippen LogP contribution in [0, 0.1) is 0 Å². The summed E-state index contributed by atoms with van der Waals surface area (Å²) in [5, 5.41) is 10.9. The van der Waals surface area contributed by atoms with Crippen LogP contribution in [-0.2, 0) is 4.79 Å². The van der Waals surface area contributed by atoms with Crippen molar-refractivity contribution in [2.75, 3.05) is 13.2 Å². The molecule has 1 aliphatic rings. The number of halogens is 3. The summed E-state index contributed by atoms with van der Waals surface area (Å²) in [5.74, 6) is -1.62. The van der Waals surface area contributed by atoms with Crippen LogP contribution in [0.3, 0.4) is 0 Å². The van der Waals surface area contributed by atoms with Gasteiger partial charge in [-0.3, -0.25) is 5.32 Å². The number of rotatable bonds is 4. The molecule has 1 aliphatic heterocycles. The van der Waals surface area contributed by atoms with Gasteiger partial charge in [-0.2, -0.15) is 13.2 Å². The van der Waals surface area contributed by atoms with Crippen LogP contribution in [0.15, 0.2) is 24.3 Å². The first-order valence-electron chi connectivity index (χ1n) is 6.02. The zero-order valence-electron chi connectivity index (χ0n) is 10.7. The predicted octanol–water partition coefficient (Wildman–Crippen LogP) is 2.16. The molecule has 1 aromatic carbocycles. The molecule has 20 heavy (non-hydrogen) atoms. The maximum absolute atomic E-state index is 12.9. The maximum Gasteiger partial charge on any atom is 0.417 e. The van der Waals surface area contributed by atoms with Crippen molar-refractivity contribution >= 4 is 5.97 Å². The van der Waals surface area contributed by atoms with Gasteiger partial charge in [0.15, 0.2) is 0 Å². The molecule has 1 aromatic rings. The van der Waals surface area contributed by atoms with Crippen molar-refractivity contribution in [3.8, 4) is 5.75 Å². The number of hydrogen-bond donors (Lipinski definition) is 2. The van der Waals surface area contributed by atoms with E-state index in [-0.39, 0.29) is 19.1 Å². The highest BCUT2D eigenvalue weighted by Crippen LogP contribution is 2.35. The Labute approximate surface area is 113 Å². The summed E-state index contributed by atoms with van der Waals surface area (Å²) in [4.78, 5) is 10.9. The Morgan fingerprint density at radius 1 is 1.45 bits per heavy atom. The second-order valence-corrected chi connectivity index (χ2v) is 4.85. The highest BCUT2D eigenvalue weighted by molar-refractivity contribution is 5.79. The van der Waals surface area contributed by atoms with Crippen molar-refractivity contribution in [1.29, 1.82) is 0 Å². The van der Waals surface area contributed by atoms with Crippen LogP contribution in [0.5, 0.6) is 5.75 Å². The molecule has 0 amide bonds. The number of carboxylic acid groups (broad SMARTS) is 1. The minimum atomic E-state index is -4.88. The number of hydrogen-bond acceptors (Lipinski definition) is 3. The van der Waals surface area contributed by atoms with Gasteiger partial charge in [0.25, 0.3) is 0 Å². The Morgan fingerprint density at radius 3 is 2.70 bits per heavy atom. The number of fused-ring (bicyclic) bond motifs is 1. The Balaban J connectivity index is 2.11. The number of carboxylic acids is 1. The van der Waals surface area contributed by atoms with Crippen molar-refractivity contribution in [2.45, 2.75) is 24.6 Å². The SMILES string of the molecule is CC(NCC1COc2ccccc21)(C(=O)O)C(F)(F)F. The fourth-order valence-corrected chi connectivity index (χ4v) is 2.02. The molecule has 2 rings (SSSR count). The number of alkyl halides is 3. The lowest BCUT2D eigenvalue weighted by molar-refractivity contribution is -0.206. The zero-order chi connectivity index (χ0) is 15.0. The Hall–Kier alpha value is -1.76. The molecule has 2 atom stereocenters. The molecule has 110 valence electrons. The molecule has 4 nitrogen and oxygen atoms in total. The third kappa shape index (κ3) is 2.45. The molecule has 0 fully saturated rings. The summed E-state index contributed by atoms with van der Waals surface area (Å²) in [6, 6.07) is 7.03. The van der Waals surface area contributed by atoms with Crippen molar-refractivity contribution in [2.24, 2.45) is 0 Å². The second-order valence-electron chi connectivity index (χ2n) is 4.85. The van der Waals surface area contributed by atoms with Crippen molar-refractivity contribution in [3.63, 3.8) is 0 Å². The first-order valence-corrected chi connectivity index (χ1v) is 6.02. The van der Waals surface area contributed by atoms with E-state index in [2.05, 4.69) is 5.32 Å². The number of nitrogens with one attached hydrogen (secondary N) is 1. The standard InChI is InChI=1S/C13H14F3NO3/c1-12(11(18)19,13(14,15)16)17-6-8-7-20-10-5-3-2-4-9(8)10/h2-5,8,17H,6-7H2,1H3,(H,18,19). The lowest BCUT2D eigenvalue weighted by atomic mass is 9.97. The second kappa shape index (κ2) is 4.97. The predicted molar refractivity (Wildman–Crippen MR) is 64.8 cm³/mol. The normalized spacial score (nSPS) is 20.9. The summed E-state index contributed by atoms with van der Waals surface area (Å²) in [5.41, 5.74) is -2.18. The van der Waals surface area contributed by atoms with Crippen LogP contribution >= 0.6 is 0 Å². The molecule has 0 saturated carbocycles. The number of ether oxygens (including phenoxy) is 1. The van der Waals surface area contributed by atoms with E-state index in [1.165, 1.54) is 0 Å². The lowest BCUT2D eigenvalue weighted by Gasteiger charge is -2.29. The van der Waals surface area contributed by atoms with E-state index in [1.807, 2.05) is 0 Å². The number of carbonyl (C=O) groups is 1. The summed E-state index contributed by atoms with van der Waals surface area (Å²) in [7, 11) is 0. The van der Waals surface area contributed by atoms with Crippen LogP contribution in [0.4, 0.5) is 13.2 Å². The molecule has 0 bridgehead atoms. The van der Waals surface area contributed by atoms with Crippen molar-refractivity contribution in [1.82, 2.24) is 5.32 Å². The molecule has 0 spiro atoms. The average molecular weight is 289 g/mol. The van der Waals surface area contributed by atoms with Gasteiger partial charge in [-0.05, 0) is 13.0 Å². The molecule has 0 aliphatic carbocycles. The van der Waals surface area contributed by atoms with E-state index >= 15 is 0 Å². The smallest absolute Gasteiger partial charge is 0.417 e. The third-order valence-electron chi connectivity index (χ3n) is 3.50. The van der Waals surface area contributed by atoms with Gasteiger partial charge >= 0.3 is 12.1 Å². The van der Waals surface area contributed by atoms with Crippen LogP contribution < -0.4 is 10.1 Å². The van der Waals surface area contributed by atoms with E-state index in [9.17, 15) is 18.0 Å². The van der Waals surface area contributed by atoms with Gasteiger partial charge in [-0.15, -0.1) is 0 Å². The largest absolute Gasteiger partial charge is 0.493 e. The Kier molecular flexibility index (Phi) is 3.64. The molecule has 2 N–H and O–H groups in total. The van der Waals surface area contributed by atoms with E-state index < -0.39 is 17.7 Å². The van der Waals surface area contributed by atoms with Gasteiger partial charge in [-0.1, -0.05) is 18.2 Å². The maximum atomic E-state index is 12.9. The molecular weight excluding hydrogens is 275 g/mol. The van der Waals surface area contributed by atoms with Crippen LogP contribution in [0.2, 0.25) is 0 Å². The van der Waals surface area contributed by atoms with E-state index in [0.29, 0.717) is 12.7 Å².